The molecule has 0 amide bonds. The van der Waals surface area contributed by atoms with Gasteiger partial charge in [-0.3, -0.25) is 4.79 Å². The van der Waals surface area contributed by atoms with E-state index < -0.39 is 0 Å². The lowest BCUT2D eigenvalue weighted by Gasteiger charge is -1.79. The van der Waals surface area contributed by atoms with Gasteiger partial charge in [-0.25, -0.2) is 0 Å². The second-order valence-corrected chi connectivity index (χ2v) is 1.37. The molecular formula is C3H9NO2S. The highest BCUT2D eigenvalue weighted by atomic mass is 32.1. The van der Waals surface area contributed by atoms with Gasteiger partial charge in [-0.2, -0.15) is 0 Å². The third-order valence-corrected chi connectivity index (χ3v) is 0.549. The second kappa shape index (κ2) is 5.94. The molecule has 0 saturated heterocycles. The van der Waals surface area contributed by atoms with Crippen molar-refractivity contribution >= 4 is 17.7 Å². The summed E-state index contributed by atoms with van der Waals surface area (Å²) < 4.78 is 0. The van der Waals surface area contributed by atoms with Crippen molar-refractivity contribution < 1.29 is 9.90 Å². The molecule has 3 nitrogen and oxygen atoms in total. The van der Waals surface area contributed by atoms with E-state index in [4.69, 9.17) is 5.11 Å². The molecule has 7 heavy (non-hydrogen) atoms. The molecule has 0 rings (SSSR count). The van der Waals surface area contributed by atoms with Crippen LogP contribution >= 0.6 is 12.6 Å². The Morgan fingerprint density at radius 2 is 2.14 bits per heavy atom. The minimum Gasteiger partial charge on any atom is -0.396 e. The van der Waals surface area contributed by atoms with Crippen LogP contribution in [-0.2, 0) is 4.79 Å². The average Bonchev–Trinajstić information content (AvgIpc) is 1.35. The number of aliphatic hydroxyl groups is 1. The summed E-state index contributed by atoms with van der Waals surface area (Å²) in [6, 6.07) is 0. The molecule has 0 aromatic heterocycles. The van der Waals surface area contributed by atoms with Crippen LogP contribution in [0.15, 0.2) is 0 Å². The second-order valence-electron chi connectivity index (χ2n) is 0.867. The van der Waals surface area contributed by atoms with E-state index in [-0.39, 0.29) is 24.3 Å². The van der Waals surface area contributed by atoms with Gasteiger partial charge in [0.05, 0.1) is 6.61 Å². The molecule has 0 atom stereocenters. The Morgan fingerprint density at radius 3 is 2.14 bits per heavy atom. The van der Waals surface area contributed by atoms with Gasteiger partial charge >= 0.3 is 0 Å². The summed E-state index contributed by atoms with van der Waals surface area (Å²) in [5.41, 5.74) is 0. The summed E-state index contributed by atoms with van der Waals surface area (Å²) in [5, 5.41) is 7.70. The minimum atomic E-state index is -0.266. The highest BCUT2D eigenvalue weighted by molar-refractivity contribution is 7.96. The van der Waals surface area contributed by atoms with Gasteiger partial charge in [-0.05, 0) is 0 Å². The van der Waals surface area contributed by atoms with Crippen molar-refractivity contribution in [3.05, 3.63) is 0 Å². The quantitative estimate of drug-likeness (QED) is 0.452. The fourth-order valence-corrected chi connectivity index (χ4v) is 0.196. The van der Waals surface area contributed by atoms with Crippen molar-refractivity contribution in [1.29, 1.82) is 0 Å². The predicted octanol–water partition coefficient (Wildman–Crippen LogP) is -0.0128. The first-order valence-corrected chi connectivity index (χ1v) is 2.04. The molecule has 0 aromatic rings. The van der Waals surface area contributed by atoms with Crippen molar-refractivity contribution in [2.75, 3.05) is 6.61 Å². The number of rotatable bonds is 2. The Bertz CT molecular complexity index is 56.9. The van der Waals surface area contributed by atoms with Crippen LogP contribution in [0.5, 0.6) is 0 Å². The molecular weight excluding hydrogens is 114 g/mol. The number of aliphatic hydroxyl groups excluding tert-OH is 1. The normalized spacial score (nSPS) is 7.14. The summed E-state index contributed by atoms with van der Waals surface area (Å²) in [5.74, 6) is 0. The van der Waals surface area contributed by atoms with Gasteiger partial charge in [-0.1, -0.05) is 0 Å². The lowest BCUT2D eigenvalue weighted by Crippen LogP contribution is -1.88. The predicted molar refractivity (Wildman–Crippen MR) is 30.7 cm³/mol. The van der Waals surface area contributed by atoms with E-state index in [1.54, 1.807) is 0 Å². The van der Waals surface area contributed by atoms with Crippen LogP contribution in [0.25, 0.3) is 0 Å². The summed E-state index contributed by atoms with van der Waals surface area (Å²) in [4.78, 5) is 9.75. The van der Waals surface area contributed by atoms with Crippen LogP contribution in [0.4, 0.5) is 0 Å². The zero-order valence-corrected chi connectivity index (χ0v) is 4.82. The third-order valence-electron chi connectivity index (χ3n) is 0.326. The van der Waals surface area contributed by atoms with E-state index in [9.17, 15) is 4.79 Å². The first kappa shape index (κ1) is 10.0. The van der Waals surface area contributed by atoms with Crippen LogP contribution in [0, 0.1) is 0 Å². The molecule has 4 heteroatoms. The van der Waals surface area contributed by atoms with Crippen LogP contribution in [-0.4, -0.2) is 16.8 Å². The summed E-state index contributed by atoms with van der Waals surface area (Å²) in [6.07, 6.45) is 0.156. The highest BCUT2D eigenvalue weighted by Gasteiger charge is 1.86. The minimum absolute atomic E-state index is 0. The van der Waals surface area contributed by atoms with Gasteiger partial charge in [0.1, 0.15) is 0 Å². The van der Waals surface area contributed by atoms with Crippen LogP contribution in [0.3, 0.4) is 0 Å². The van der Waals surface area contributed by atoms with E-state index in [0.29, 0.717) is 0 Å². The number of carbonyl (C=O) groups excluding carboxylic acids is 1. The molecule has 0 aliphatic rings. The Kier molecular flexibility index (Phi) is 8.51. The SMILES string of the molecule is N.O=C(S)CCO. The maximum atomic E-state index is 9.75. The topological polar surface area (TPSA) is 72.3 Å². The van der Waals surface area contributed by atoms with Crippen molar-refractivity contribution in [3.63, 3.8) is 0 Å². The molecule has 0 bridgehead atoms. The summed E-state index contributed by atoms with van der Waals surface area (Å²) in [7, 11) is 0. The van der Waals surface area contributed by atoms with Crippen LogP contribution in [0.2, 0.25) is 0 Å². The van der Waals surface area contributed by atoms with Gasteiger partial charge in [0.25, 0.3) is 0 Å². The van der Waals surface area contributed by atoms with E-state index in [1.165, 1.54) is 0 Å². The summed E-state index contributed by atoms with van der Waals surface area (Å²) in [6.45, 7) is -0.0949. The van der Waals surface area contributed by atoms with Crippen LogP contribution in [0.1, 0.15) is 6.42 Å². The monoisotopic (exact) mass is 123 g/mol. The van der Waals surface area contributed by atoms with Gasteiger partial charge in [-0.15, -0.1) is 12.6 Å². The van der Waals surface area contributed by atoms with E-state index in [0.717, 1.165) is 0 Å². The van der Waals surface area contributed by atoms with Crippen molar-refractivity contribution in [2.24, 2.45) is 0 Å². The van der Waals surface area contributed by atoms with Crippen molar-refractivity contribution in [3.8, 4) is 0 Å². The lowest BCUT2D eigenvalue weighted by atomic mass is 10.5. The molecule has 0 heterocycles. The molecule has 0 saturated carbocycles. The fourth-order valence-electron chi connectivity index (χ4n) is 0.0956. The number of carbonyl (C=O) groups is 1. The number of hydrogen-bond donors (Lipinski definition) is 3. The van der Waals surface area contributed by atoms with Gasteiger partial charge < -0.3 is 11.3 Å². The first-order valence-electron chi connectivity index (χ1n) is 1.60. The van der Waals surface area contributed by atoms with Gasteiger partial charge in [0.15, 0.2) is 5.12 Å². The number of thiol groups is 1. The average molecular weight is 123 g/mol. The van der Waals surface area contributed by atoms with Gasteiger partial charge in [0, 0.05) is 6.42 Å². The third kappa shape index (κ3) is 10.7. The van der Waals surface area contributed by atoms with Crippen molar-refractivity contribution in [1.82, 2.24) is 6.15 Å². The van der Waals surface area contributed by atoms with Crippen molar-refractivity contribution in [2.45, 2.75) is 6.42 Å². The molecule has 0 aliphatic carbocycles. The molecule has 0 fully saturated rings. The fraction of sp³-hybridized carbons (Fsp3) is 0.667. The largest absolute Gasteiger partial charge is 0.396 e. The maximum absolute atomic E-state index is 9.75. The Labute approximate surface area is 47.7 Å². The maximum Gasteiger partial charge on any atom is 0.188 e. The first-order chi connectivity index (χ1) is 2.77. The number of hydrogen-bond acceptors (Lipinski definition) is 3. The smallest absolute Gasteiger partial charge is 0.188 e. The zero-order valence-electron chi connectivity index (χ0n) is 3.92. The lowest BCUT2D eigenvalue weighted by molar-refractivity contribution is -0.111. The molecule has 0 unspecified atom stereocenters. The zero-order chi connectivity index (χ0) is 4.99. The Morgan fingerprint density at radius 1 is 1.71 bits per heavy atom. The molecule has 44 valence electrons. The standard InChI is InChI=1S/C3H6O2S.H3N/c4-2-1-3(5)6;/h4H,1-2H2,(H,5,6);1H3. The Balaban J connectivity index is 0. The molecule has 0 radical (unpaired) electrons. The molecule has 4 N–H and O–H groups in total. The highest BCUT2D eigenvalue weighted by Crippen LogP contribution is 1.82. The molecule has 0 aromatic carbocycles. The van der Waals surface area contributed by atoms with Gasteiger partial charge in [0.2, 0.25) is 0 Å². The molecule has 0 spiro atoms. The van der Waals surface area contributed by atoms with E-state index in [1.807, 2.05) is 0 Å². The molecule has 0 aliphatic heterocycles. The summed E-state index contributed by atoms with van der Waals surface area (Å²) >= 11 is 3.38. The van der Waals surface area contributed by atoms with E-state index in [2.05, 4.69) is 12.6 Å². The van der Waals surface area contributed by atoms with E-state index >= 15 is 0 Å². The van der Waals surface area contributed by atoms with Crippen LogP contribution < -0.4 is 6.15 Å². The Hall–Kier alpha value is -0.0600.